The Bertz CT molecular complexity index is 811. The first kappa shape index (κ1) is 19.2. The van der Waals surface area contributed by atoms with Gasteiger partial charge in [-0.25, -0.2) is 9.78 Å². The maximum Gasteiger partial charge on any atom is 0.416 e. The number of methoxy groups -OCH3 is 1. The molecule has 138 valence electrons. The molecule has 2 aromatic rings. The molecule has 0 aliphatic carbocycles. The van der Waals surface area contributed by atoms with Crippen LogP contribution in [0.4, 0.5) is 18.0 Å². The van der Waals surface area contributed by atoms with Crippen LogP contribution >= 0.6 is 0 Å². The number of nitrogens with zero attached hydrogens (tertiary/aromatic N) is 2. The highest BCUT2D eigenvalue weighted by Crippen LogP contribution is 2.34. The van der Waals surface area contributed by atoms with Crippen LogP contribution in [0.25, 0.3) is 0 Å². The molecule has 1 atom stereocenters. The second-order valence-corrected chi connectivity index (χ2v) is 5.07. The molecule has 2 heterocycles. The van der Waals surface area contributed by atoms with Crippen LogP contribution in [0.5, 0.6) is 5.88 Å². The molecule has 0 radical (unpaired) electrons. The first-order chi connectivity index (χ1) is 12.3. The number of imide groups is 1. The Morgan fingerprint density at radius 1 is 1.19 bits per heavy atom. The Balaban J connectivity index is 2.57. The molecular weight excluding hydrogens is 353 g/mol. The van der Waals surface area contributed by atoms with Crippen molar-refractivity contribution in [3.05, 3.63) is 53.5 Å². The summed E-state index contributed by atoms with van der Waals surface area (Å²) in [5, 5.41) is 4.24. The quantitative estimate of drug-likeness (QED) is 0.862. The maximum absolute atomic E-state index is 13.0. The zero-order valence-electron chi connectivity index (χ0n) is 13.8. The fourth-order valence-corrected chi connectivity index (χ4v) is 2.26. The van der Waals surface area contributed by atoms with E-state index < -0.39 is 29.6 Å². The number of hydrogen-bond acceptors (Lipinski definition) is 5. The number of ether oxygens (including phenoxy) is 1. The maximum atomic E-state index is 13.0. The lowest BCUT2D eigenvalue weighted by Gasteiger charge is -2.19. The van der Waals surface area contributed by atoms with Crippen LogP contribution in [0.2, 0.25) is 0 Å². The molecule has 0 aliphatic rings. The number of nitrogens with one attached hydrogen (secondary N) is 2. The lowest BCUT2D eigenvalue weighted by molar-refractivity contribution is -0.137. The second kappa shape index (κ2) is 7.81. The van der Waals surface area contributed by atoms with Gasteiger partial charge < -0.3 is 10.1 Å². The largest absolute Gasteiger partial charge is 0.481 e. The summed E-state index contributed by atoms with van der Waals surface area (Å²) in [4.78, 5) is 31.9. The summed E-state index contributed by atoms with van der Waals surface area (Å²) >= 11 is 0. The summed E-state index contributed by atoms with van der Waals surface area (Å²) in [6.07, 6.45) is -2.27. The van der Waals surface area contributed by atoms with Crippen LogP contribution in [0.3, 0.4) is 0 Å². The van der Waals surface area contributed by atoms with E-state index in [2.05, 4.69) is 15.3 Å². The van der Waals surface area contributed by atoms with Crippen molar-refractivity contribution in [1.29, 1.82) is 0 Å². The van der Waals surface area contributed by atoms with Gasteiger partial charge in [0.25, 0.3) is 0 Å². The molecule has 10 heteroatoms. The molecule has 0 saturated heterocycles. The van der Waals surface area contributed by atoms with Gasteiger partial charge in [-0.05, 0) is 18.2 Å². The van der Waals surface area contributed by atoms with Crippen LogP contribution in [-0.2, 0) is 11.0 Å². The monoisotopic (exact) mass is 368 g/mol. The average Bonchev–Trinajstić information content (AvgIpc) is 2.61. The van der Waals surface area contributed by atoms with Crippen LogP contribution in [0.1, 0.15) is 22.7 Å². The van der Waals surface area contributed by atoms with E-state index in [1.165, 1.54) is 32.5 Å². The summed E-state index contributed by atoms with van der Waals surface area (Å²) in [6.45, 7) is 0. The average molecular weight is 368 g/mol. The third-order valence-electron chi connectivity index (χ3n) is 3.44. The number of hydrogen-bond donors (Lipinski definition) is 2. The first-order valence-corrected chi connectivity index (χ1v) is 7.32. The van der Waals surface area contributed by atoms with Crippen molar-refractivity contribution in [2.24, 2.45) is 0 Å². The Morgan fingerprint density at radius 3 is 2.54 bits per heavy atom. The molecule has 0 aliphatic heterocycles. The number of amides is 3. The van der Waals surface area contributed by atoms with Gasteiger partial charge in [0.15, 0.2) is 0 Å². The van der Waals surface area contributed by atoms with E-state index in [4.69, 9.17) is 4.74 Å². The fourth-order valence-electron chi connectivity index (χ4n) is 2.26. The summed E-state index contributed by atoms with van der Waals surface area (Å²) in [5.41, 5.74) is -1.00. The third kappa shape index (κ3) is 4.26. The van der Waals surface area contributed by atoms with Crippen molar-refractivity contribution in [2.75, 3.05) is 14.2 Å². The lowest BCUT2D eigenvalue weighted by Crippen LogP contribution is -2.40. The molecule has 1 unspecified atom stereocenters. The third-order valence-corrected chi connectivity index (χ3v) is 3.44. The van der Waals surface area contributed by atoms with E-state index in [-0.39, 0.29) is 17.1 Å². The van der Waals surface area contributed by atoms with Gasteiger partial charge in [-0.1, -0.05) is 6.07 Å². The van der Waals surface area contributed by atoms with E-state index in [0.29, 0.717) is 0 Å². The van der Waals surface area contributed by atoms with Gasteiger partial charge in [0.2, 0.25) is 11.8 Å². The van der Waals surface area contributed by atoms with Crippen molar-refractivity contribution >= 4 is 11.9 Å². The van der Waals surface area contributed by atoms with Gasteiger partial charge in [-0.2, -0.15) is 13.2 Å². The molecule has 3 amide bonds. The van der Waals surface area contributed by atoms with Gasteiger partial charge in [-0.15, -0.1) is 0 Å². The van der Waals surface area contributed by atoms with Crippen molar-refractivity contribution in [2.45, 2.75) is 12.1 Å². The van der Waals surface area contributed by atoms with Crippen molar-refractivity contribution < 1.29 is 27.5 Å². The highest BCUT2D eigenvalue weighted by Gasteiger charge is 2.34. The predicted molar refractivity (Wildman–Crippen MR) is 84.5 cm³/mol. The van der Waals surface area contributed by atoms with Gasteiger partial charge >= 0.3 is 12.2 Å². The summed E-state index contributed by atoms with van der Waals surface area (Å²) < 4.78 is 44.1. The summed E-state index contributed by atoms with van der Waals surface area (Å²) in [7, 11) is 2.60. The highest BCUT2D eigenvalue weighted by atomic mass is 19.4. The lowest BCUT2D eigenvalue weighted by atomic mass is 9.94. The minimum Gasteiger partial charge on any atom is -0.481 e. The van der Waals surface area contributed by atoms with Crippen LogP contribution < -0.4 is 15.4 Å². The Morgan fingerprint density at radius 2 is 1.92 bits per heavy atom. The molecule has 2 N–H and O–H groups in total. The van der Waals surface area contributed by atoms with E-state index in [0.717, 1.165) is 18.3 Å². The van der Waals surface area contributed by atoms with E-state index >= 15 is 0 Å². The minimum atomic E-state index is -4.61. The Hall–Kier alpha value is -3.17. The number of alkyl halides is 3. The van der Waals surface area contributed by atoms with E-state index in [9.17, 15) is 22.8 Å². The molecular formula is C16H15F3N4O3. The van der Waals surface area contributed by atoms with Gasteiger partial charge in [0.05, 0.1) is 18.4 Å². The normalized spacial score (nSPS) is 12.2. The van der Waals surface area contributed by atoms with Gasteiger partial charge in [0.1, 0.15) is 5.92 Å². The molecule has 0 saturated carbocycles. The molecule has 2 rings (SSSR count). The molecule has 7 nitrogen and oxygen atoms in total. The molecule has 0 fully saturated rings. The summed E-state index contributed by atoms with van der Waals surface area (Å²) in [6, 6.07) is 3.68. The highest BCUT2D eigenvalue weighted by molar-refractivity contribution is 5.99. The number of carbonyl (C=O) groups is 2. The van der Waals surface area contributed by atoms with Crippen molar-refractivity contribution in [3.63, 3.8) is 0 Å². The number of urea groups is 1. The smallest absolute Gasteiger partial charge is 0.416 e. The van der Waals surface area contributed by atoms with Crippen molar-refractivity contribution in [1.82, 2.24) is 20.6 Å². The zero-order chi connectivity index (χ0) is 19.3. The van der Waals surface area contributed by atoms with Gasteiger partial charge in [0, 0.05) is 25.0 Å². The zero-order valence-corrected chi connectivity index (χ0v) is 13.8. The number of aromatic nitrogens is 2. The van der Waals surface area contributed by atoms with E-state index in [1.54, 1.807) is 0 Å². The standard InChI is InChI=1S/C16H15F3N4O3/c1-20-15(25)23-13(24)12(10-4-3-6-22-14(10)26-2)11-8-9(5-7-21-11)16(17,18)19/h3-8,12H,1-2H3,(H2,20,23,24,25). The minimum absolute atomic E-state index is 0.0313. The Labute approximate surface area is 146 Å². The second-order valence-electron chi connectivity index (χ2n) is 5.07. The molecule has 0 bridgehead atoms. The molecule has 2 aromatic heterocycles. The molecule has 0 spiro atoms. The van der Waals surface area contributed by atoms with Gasteiger partial charge in [-0.3, -0.25) is 15.1 Å². The number of halogens is 3. The molecule has 26 heavy (non-hydrogen) atoms. The van der Waals surface area contributed by atoms with Crippen LogP contribution in [-0.4, -0.2) is 36.1 Å². The number of carbonyl (C=O) groups excluding carboxylic acids is 2. The summed E-state index contributed by atoms with van der Waals surface area (Å²) in [5.74, 6) is -2.18. The SMILES string of the molecule is CNC(=O)NC(=O)C(c1cc(C(F)(F)F)ccn1)c1cccnc1OC. The fraction of sp³-hybridized carbons (Fsp3) is 0.250. The predicted octanol–water partition coefficient (Wildman–Crippen LogP) is 2.09. The van der Waals surface area contributed by atoms with Crippen LogP contribution in [0, 0.1) is 0 Å². The molecule has 0 aromatic carbocycles. The van der Waals surface area contributed by atoms with Crippen molar-refractivity contribution in [3.8, 4) is 5.88 Å². The Kier molecular flexibility index (Phi) is 5.75. The first-order valence-electron chi connectivity index (χ1n) is 7.32. The number of pyridine rings is 2. The number of rotatable bonds is 4. The van der Waals surface area contributed by atoms with E-state index in [1.807, 2.05) is 5.32 Å². The topological polar surface area (TPSA) is 93.2 Å². The van der Waals surface area contributed by atoms with Crippen LogP contribution in [0.15, 0.2) is 36.7 Å².